The van der Waals surface area contributed by atoms with E-state index in [0.29, 0.717) is 22.5 Å². The molecule has 6 heteroatoms. The standard InChI is InChI=1S/C19H19N3O3/c1-12(23)20-15-5-7-16(8-6-15)21-18(24)13-3-2-4-14(11-13)19(25)22-17-9-10-17/h2-8,11,17H,9-10H2,1H3,(H,20,23)(H,21,24)(H,22,25). The number of nitrogens with one attached hydrogen (secondary N) is 3. The molecule has 3 amide bonds. The first kappa shape index (κ1) is 16.7. The van der Waals surface area contributed by atoms with Crippen LogP contribution in [0.2, 0.25) is 0 Å². The predicted molar refractivity (Wildman–Crippen MR) is 95.6 cm³/mol. The van der Waals surface area contributed by atoms with Crippen molar-refractivity contribution in [1.82, 2.24) is 5.32 Å². The zero-order chi connectivity index (χ0) is 17.8. The van der Waals surface area contributed by atoms with Crippen molar-refractivity contribution in [3.8, 4) is 0 Å². The molecule has 1 saturated carbocycles. The minimum atomic E-state index is -0.298. The predicted octanol–water partition coefficient (Wildman–Crippen LogP) is 2.79. The summed E-state index contributed by atoms with van der Waals surface area (Å²) < 4.78 is 0. The molecule has 0 atom stereocenters. The normalized spacial score (nSPS) is 13.0. The average Bonchev–Trinajstić information content (AvgIpc) is 3.40. The van der Waals surface area contributed by atoms with Gasteiger partial charge in [-0.1, -0.05) is 6.07 Å². The molecule has 0 unspecified atom stereocenters. The second-order valence-corrected chi connectivity index (χ2v) is 6.04. The topological polar surface area (TPSA) is 87.3 Å². The van der Waals surface area contributed by atoms with Crippen LogP contribution < -0.4 is 16.0 Å². The highest BCUT2D eigenvalue weighted by Gasteiger charge is 2.24. The van der Waals surface area contributed by atoms with E-state index in [-0.39, 0.29) is 23.8 Å². The lowest BCUT2D eigenvalue weighted by Crippen LogP contribution is -2.25. The van der Waals surface area contributed by atoms with Crippen molar-refractivity contribution in [2.75, 3.05) is 10.6 Å². The fraction of sp³-hybridized carbons (Fsp3) is 0.211. The Morgan fingerprint density at radius 3 is 1.96 bits per heavy atom. The summed E-state index contributed by atoms with van der Waals surface area (Å²) in [6.07, 6.45) is 2.03. The number of amides is 3. The van der Waals surface area contributed by atoms with Crippen molar-refractivity contribution in [3.05, 3.63) is 59.7 Å². The fourth-order valence-electron chi connectivity index (χ4n) is 2.34. The van der Waals surface area contributed by atoms with Gasteiger partial charge in [0.15, 0.2) is 0 Å². The van der Waals surface area contributed by atoms with Gasteiger partial charge < -0.3 is 16.0 Å². The van der Waals surface area contributed by atoms with E-state index in [0.717, 1.165) is 12.8 Å². The molecule has 1 fully saturated rings. The molecule has 0 aliphatic heterocycles. The Labute approximate surface area is 145 Å². The van der Waals surface area contributed by atoms with Crippen molar-refractivity contribution in [1.29, 1.82) is 0 Å². The van der Waals surface area contributed by atoms with Gasteiger partial charge in [-0.05, 0) is 55.3 Å². The van der Waals surface area contributed by atoms with Crippen molar-refractivity contribution in [2.24, 2.45) is 0 Å². The SMILES string of the molecule is CC(=O)Nc1ccc(NC(=O)c2cccc(C(=O)NC3CC3)c2)cc1. The number of benzene rings is 2. The first-order valence-electron chi connectivity index (χ1n) is 8.11. The van der Waals surface area contributed by atoms with Crippen LogP contribution in [0.4, 0.5) is 11.4 Å². The molecule has 0 aromatic heterocycles. The first-order chi connectivity index (χ1) is 12.0. The Kier molecular flexibility index (Phi) is 4.79. The maximum Gasteiger partial charge on any atom is 0.255 e. The van der Waals surface area contributed by atoms with Gasteiger partial charge in [-0.25, -0.2) is 0 Å². The van der Waals surface area contributed by atoms with Crippen LogP contribution in [0.5, 0.6) is 0 Å². The zero-order valence-corrected chi connectivity index (χ0v) is 13.8. The van der Waals surface area contributed by atoms with E-state index < -0.39 is 0 Å². The largest absolute Gasteiger partial charge is 0.349 e. The van der Waals surface area contributed by atoms with Gasteiger partial charge in [-0.15, -0.1) is 0 Å². The molecule has 3 N–H and O–H groups in total. The second kappa shape index (κ2) is 7.17. The molecule has 0 spiro atoms. The van der Waals surface area contributed by atoms with Crippen molar-refractivity contribution < 1.29 is 14.4 Å². The third-order valence-corrected chi connectivity index (χ3v) is 3.76. The monoisotopic (exact) mass is 337 g/mol. The van der Waals surface area contributed by atoms with Crippen LogP contribution >= 0.6 is 0 Å². The molecule has 0 saturated heterocycles. The molecule has 25 heavy (non-hydrogen) atoms. The van der Waals surface area contributed by atoms with Gasteiger partial charge >= 0.3 is 0 Å². The summed E-state index contributed by atoms with van der Waals surface area (Å²) in [7, 11) is 0. The third-order valence-electron chi connectivity index (χ3n) is 3.76. The summed E-state index contributed by atoms with van der Waals surface area (Å²) in [6.45, 7) is 1.43. The Morgan fingerprint density at radius 1 is 0.840 bits per heavy atom. The van der Waals surface area contributed by atoms with E-state index >= 15 is 0 Å². The van der Waals surface area contributed by atoms with E-state index in [1.807, 2.05) is 0 Å². The number of rotatable bonds is 5. The number of anilines is 2. The van der Waals surface area contributed by atoms with Crippen molar-refractivity contribution >= 4 is 29.1 Å². The lowest BCUT2D eigenvalue weighted by molar-refractivity contribution is -0.114. The van der Waals surface area contributed by atoms with Gasteiger partial charge in [0.1, 0.15) is 0 Å². The molecule has 1 aliphatic rings. The number of carbonyl (C=O) groups excluding carboxylic acids is 3. The Bertz CT molecular complexity index is 811. The van der Waals surface area contributed by atoms with Gasteiger partial charge in [0.05, 0.1) is 0 Å². The van der Waals surface area contributed by atoms with Crippen LogP contribution in [0.1, 0.15) is 40.5 Å². The van der Waals surface area contributed by atoms with Gasteiger partial charge in [-0.2, -0.15) is 0 Å². The molecule has 0 radical (unpaired) electrons. The maximum absolute atomic E-state index is 12.4. The minimum Gasteiger partial charge on any atom is -0.349 e. The first-order valence-corrected chi connectivity index (χ1v) is 8.11. The van der Waals surface area contributed by atoms with Crippen LogP contribution in [0.3, 0.4) is 0 Å². The Morgan fingerprint density at radius 2 is 1.40 bits per heavy atom. The summed E-state index contributed by atoms with van der Waals surface area (Å²) in [6, 6.07) is 13.7. The summed E-state index contributed by atoms with van der Waals surface area (Å²) in [5, 5.41) is 8.34. The molecule has 2 aromatic rings. The van der Waals surface area contributed by atoms with Gasteiger partial charge in [-0.3, -0.25) is 14.4 Å². The highest BCUT2D eigenvalue weighted by Crippen LogP contribution is 2.20. The van der Waals surface area contributed by atoms with E-state index in [2.05, 4.69) is 16.0 Å². The zero-order valence-electron chi connectivity index (χ0n) is 13.8. The number of hydrogen-bond acceptors (Lipinski definition) is 3. The molecule has 3 rings (SSSR count). The van der Waals surface area contributed by atoms with Gasteiger partial charge in [0.25, 0.3) is 11.8 Å². The Hall–Kier alpha value is -3.15. The summed E-state index contributed by atoms with van der Waals surface area (Å²) >= 11 is 0. The maximum atomic E-state index is 12.4. The number of hydrogen-bond donors (Lipinski definition) is 3. The molecule has 0 heterocycles. The van der Waals surface area contributed by atoms with Crippen LogP contribution in [0.15, 0.2) is 48.5 Å². The van der Waals surface area contributed by atoms with Crippen molar-refractivity contribution in [3.63, 3.8) is 0 Å². The second-order valence-electron chi connectivity index (χ2n) is 6.04. The molecule has 2 aromatic carbocycles. The summed E-state index contributed by atoms with van der Waals surface area (Å²) in [4.78, 5) is 35.5. The van der Waals surface area contributed by atoms with E-state index in [1.165, 1.54) is 6.92 Å². The van der Waals surface area contributed by atoms with Crippen LogP contribution in [-0.2, 0) is 4.79 Å². The Balaban J connectivity index is 1.66. The summed E-state index contributed by atoms with van der Waals surface area (Å²) in [5.41, 5.74) is 2.14. The minimum absolute atomic E-state index is 0.155. The number of carbonyl (C=O) groups is 3. The highest BCUT2D eigenvalue weighted by molar-refractivity contribution is 6.06. The third kappa shape index (κ3) is 4.67. The fourth-order valence-corrected chi connectivity index (χ4v) is 2.34. The lowest BCUT2D eigenvalue weighted by Gasteiger charge is -2.08. The molecular weight excluding hydrogens is 318 g/mol. The van der Waals surface area contributed by atoms with Crippen molar-refractivity contribution in [2.45, 2.75) is 25.8 Å². The van der Waals surface area contributed by atoms with E-state index in [1.54, 1.807) is 48.5 Å². The van der Waals surface area contributed by atoms with E-state index in [9.17, 15) is 14.4 Å². The van der Waals surface area contributed by atoms with Gasteiger partial charge in [0, 0.05) is 35.5 Å². The average molecular weight is 337 g/mol. The van der Waals surface area contributed by atoms with Crippen LogP contribution in [0.25, 0.3) is 0 Å². The quantitative estimate of drug-likeness (QED) is 0.784. The summed E-state index contributed by atoms with van der Waals surface area (Å²) in [5.74, 6) is -0.608. The molecule has 6 nitrogen and oxygen atoms in total. The smallest absolute Gasteiger partial charge is 0.255 e. The molecule has 128 valence electrons. The van der Waals surface area contributed by atoms with Crippen LogP contribution in [0, 0.1) is 0 Å². The lowest BCUT2D eigenvalue weighted by atomic mass is 10.1. The van der Waals surface area contributed by atoms with E-state index in [4.69, 9.17) is 0 Å². The van der Waals surface area contributed by atoms with Gasteiger partial charge in [0.2, 0.25) is 5.91 Å². The highest BCUT2D eigenvalue weighted by atomic mass is 16.2. The van der Waals surface area contributed by atoms with Crippen LogP contribution in [-0.4, -0.2) is 23.8 Å². The molecule has 0 bridgehead atoms. The molecule has 1 aliphatic carbocycles. The molecular formula is C19H19N3O3.